The summed E-state index contributed by atoms with van der Waals surface area (Å²) in [6, 6.07) is 12.2. The molecule has 1 aromatic carbocycles. The summed E-state index contributed by atoms with van der Waals surface area (Å²) in [6.07, 6.45) is 0.969. The molecule has 0 saturated heterocycles. The summed E-state index contributed by atoms with van der Waals surface area (Å²) in [5.41, 5.74) is 0. The Balaban J connectivity index is 1.96. The van der Waals surface area contributed by atoms with E-state index in [1.165, 1.54) is 0 Å². The topological polar surface area (TPSA) is 51.2 Å². The van der Waals surface area contributed by atoms with Crippen molar-refractivity contribution < 1.29 is 9.53 Å². The smallest absolute Gasteiger partial charge is 0.410 e. The highest BCUT2D eigenvalue weighted by molar-refractivity contribution is 7.80. The minimum Gasteiger partial charge on any atom is -0.410 e. The molecular weight excluding hydrogens is 236 g/mol. The third kappa shape index (κ3) is 3.49. The van der Waals surface area contributed by atoms with Gasteiger partial charge in [-0.25, -0.2) is 9.78 Å². The zero-order valence-electron chi connectivity index (χ0n) is 8.83. The Hall–Kier alpha value is -2.01. The lowest BCUT2D eigenvalue weighted by atomic mass is 10.3. The van der Waals surface area contributed by atoms with Crippen LogP contribution >= 0.6 is 12.6 Å². The fourth-order valence-electron chi connectivity index (χ4n) is 1.19. The Morgan fingerprint density at radius 2 is 1.94 bits per heavy atom. The van der Waals surface area contributed by atoms with Crippen LogP contribution in [0.25, 0.3) is 0 Å². The first-order chi connectivity index (χ1) is 8.24. The van der Waals surface area contributed by atoms with E-state index in [1.54, 1.807) is 42.6 Å². The van der Waals surface area contributed by atoms with Crippen LogP contribution in [0.1, 0.15) is 0 Å². The van der Waals surface area contributed by atoms with Crippen molar-refractivity contribution in [3.63, 3.8) is 0 Å². The zero-order chi connectivity index (χ0) is 12.1. The third-order valence-electron chi connectivity index (χ3n) is 1.93. The molecule has 2 rings (SSSR count). The molecule has 0 fully saturated rings. The fraction of sp³-hybridized carbons (Fsp3) is 0. The van der Waals surface area contributed by atoms with Gasteiger partial charge in [-0.15, -0.1) is 12.6 Å². The second kappa shape index (κ2) is 5.36. The van der Waals surface area contributed by atoms with Gasteiger partial charge in [-0.1, -0.05) is 18.2 Å². The molecule has 86 valence electrons. The lowest BCUT2D eigenvalue weighted by Gasteiger charge is -2.05. The molecule has 0 aliphatic rings. The number of benzene rings is 1. The SMILES string of the molecule is O=C(Nc1ccc(S)cn1)Oc1ccccc1. The van der Waals surface area contributed by atoms with Gasteiger partial charge in [0.25, 0.3) is 0 Å². The summed E-state index contributed by atoms with van der Waals surface area (Å²) in [4.78, 5) is 16.2. The highest BCUT2D eigenvalue weighted by Gasteiger charge is 2.04. The van der Waals surface area contributed by atoms with Crippen molar-refractivity contribution in [3.05, 3.63) is 48.7 Å². The van der Waals surface area contributed by atoms with Gasteiger partial charge in [-0.2, -0.15) is 0 Å². The minimum absolute atomic E-state index is 0.420. The van der Waals surface area contributed by atoms with E-state index in [9.17, 15) is 4.79 Å². The number of hydrogen-bond donors (Lipinski definition) is 2. The molecule has 1 N–H and O–H groups in total. The van der Waals surface area contributed by atoms with Gasteiger partial charge in [0.05, 0.1) is 0 Å². The van der Waals surface area contributed by atoms with E-state index in [-0.39, 0.29) is 0 Å². The molecule has 0 unspecified atom stereocenters. The van der Waals surface area contributed by atoms with Crippen LogP contribution in [0.3, 0.4) is 0 Å². The quantitative estimate of drug-likeness (QED) is 0.801. The normalized spacial score (nSPS) is 9.71. The van der Waals surface area contributed by atoms with Crippen LogP contribution in [0.15, 0.2) is 53.6 Å². The highest BCUT2D eigenvalue weighted by Crippen LogP contribution is 2.11. The number of amides is 1. The summed E-state index contributed by atoms with van der Waals surface area (Å²) in [5.74, 6) is 0.902. The molecule has 1 aromatic heterocycles. The lowest BCUT2D eigenvalue weighted by molar-refractivity contribution is 0.215. The van der Waals surface area contributed by atoms with E-state index < -0.39 is 6.09 Å². The number of nitrogens with one attached hydrogen (secondary N) is 1. The predicted octanol–water partition coefficient (Wildman–Crippen LogP) is 2.98. The number of para-hydroxylation sites is 1. The molecule has 0 atom stereocenters. The molecule has 0 aliphatic carbocycles. The first kappa shape index (κ1) is 11.5. The second-order valence-corrected chi connectivity index (χ2v) is 3.75. The van der Waals surface area contributed by atoms with Crippen molar-refractivity contribution in [1.82, 2.24) is 4.98 Å². The van der Waals surface area contributed by atoms with Gasteiger partial charge >= 0.3 is 6.09 Å². The maximum atomic E-state index is 11.5. The monoisotopic (exact) mass is 246 g/mol. The van der Waals surface area contributed by atoms with Crippen molar-refractivity contribution in [2.45, 2.75) is 4.90 Å². The third-order valence-corrected chi connectivity index (χ3v) is 2.20. The van der Waals surface area contributed by atoms with Crippen LogP contribution in [-0.2, 0) is 0 Å². The molecule has 0 saturated carbocycles. The van der Waals surface area contributed by atoms with Crippen LogP contribution in [0.5, 0.6) is 5.75 Å². The van der Waals surface area contributed by atoms with E-state index in [2.05, 4.69) is 22.9 Å². The molecule has 1 heterocycles. The number of nitrogens with zero attached hydrogens (tertiary/aromatic N) is 1. The molecule has 0 bridgehead atoms. The van der Waals surface area contributed by atoms with Crippen molar-refractivity contribution >= 4 is 24.5 Å². The van der Waals surface area contributed by atoms with Crippen LogP contribution in [-0.4, -0.2) is 11.1 Å². The maximum Gasteiger partial charge on any atom is 0.418 e. The first-order valence-corrected chi connectivity index (χ1v) is 5.38. The van der Waals surface area contributed by atoms with Gasteiger partial charge in [-0.05, 0) is 24.3 Å². The summed E-state index contributed by atoms with van der Waals surface area (Å²) < 4.78 is 5.04. The number of thiol groups is 1. The van der Waals surface area contributed by atoms with E-state index >= 15 is 0 Å². The van der Waals surface area contributed by atoms with Gasteiger partial charge in [0.1, 0.15) is 11.6 Å². The van der Waals surface area contributed by atoms with E-state index in [0.29, 0.717) is 11.6 Å². The minimum atomic E-state index is -0.574. The summed E-state index contributed by atoms with van der Waals surface area (Å²) in [5, 5.41) is 2.51. The molecule has 4 nitrogen and oxygen atoms in total. The number of rotatable bonds is 2. The number of anilines is 1. The van der Waals surface area contributed by atoms with Crippen molar-refractivity contribution in [2.75, 3.05) is 5.32 Å². The molecule has 0 spiro atoms. The fourth-order valence-corrected chi connectivity index (χ4v) is 1.32. The molecule has 1 amide bonds. The Labute approximate surface area is 104 Å². The van der Waals surface area contributed by atoms with Gasteiger partial charge in [0.15, 0.2) is 0 Å². The molecular formula is C12H10N2O2S. The van der Waals surface area contributed by atoms with E-state index in [1.807, 2.05) is 6.07 Å². The number of carbonyl (C=O) groups is 1. The summed E-state index contributed by atoms with van der Waals surface area (Å²) >= 11 is 4.10. The predicted molar refractivity (Wildman–Crippen MR) is 67.6 cm³/mol. The van der Waals surface area contributed by atoms with Crippen LogP contribution in [0, 0.1) is 0 Å². The number of carbonyl (C=O) groups excluding carboxylic acids is 1. The Morgan fingerprint density at radius 1 is 1.18 bits per heavy atom. The average molecular weight is 246 g/mol. The standard InChI is InChI=1S/C12H10N2O2S/c15-12(16-9-4-2-1-3-5-9)14-11-7-6-10(17)8-13-11/h1-8,17H,(H,13,14,15). The number of pyridine rings is 1. The number of aromatic nitrogens is 1. The number of hydrogen-bond acceptors (Lipinski definition) is 4. The van der Waals surface area contributed by atoms with E-state index in [4.69, 9.17) is 4.74 Å². The van der Waals surface area contributed by atoms with E-state index in [0.717, 1.165) is 4.90 Å². The van der Waals surface area contributed by atoms with Crippen LogP contribution < -0.4 is 10.1 Å². The lowest BCUT2D eigenvalue weighted by Crippen LogP contribution is -2.17. The van der Waals surface area contributed by atoms with Gasteiger partial charge in [-0.3, -0.25) is 5.32 Å². The highest BCUT2D eigenvalue weighted by atomic mass is 32.1. The van der Waals surface area contributed by atoms with Gasteiger partial charge < -0.3 is 4.74 Å². The van der Waals surface area contributed by atoms with Crippen molar-refractivity contribution in [2.24, 2.45) is 0 Å². The summed E-state index contributed by atoms with van der Waals surface area (Å²) in [7, 11) is 0. The average Bonchev–Trinajstić information content (AvgIpc) is 2.33. The van der Waals surface area contributed by atoms with Gasteiger partial charge in [0, 0.05) is 11.1 Å². The second-order valence-electron chi connectivity index (χ2n) is 3.23. The molecule has 0 radical (unpaired) electrons. The molecule has 5 heteroatoms. The molecule has 2 aromatic rings. The van der Waals surface area contributed by atoms with Crippen LogP contribution in [0.4, 0.5) is 10.6 Å². The first-order valence-electron chi connectivity index (χ1n) is 4.93. The summed E-state index contributed by atoms with van der Waals surface area (Å²) in [6.45, 7) is 0. The maximum absolute atomic E-state index is 11.5. The van der Waals surface area contributed by atoms with Crippen molar-refractivity contribution in [3.8, 4) is 5.75 Å². The molecule has 0 aliphatic heterocycles. The Kier molecular flexibility index (Phi) is 3.62. The van der Waals surface area contributed by atoms with Crippen molar-refractivity contribution in [1.29, 1.82) is 0 Å². The Bertz CT molecular complexity index is 500. The van der Waals surface area contributed by atoms with Gasteiger partial charge in [0.2, 0.25) is 0 Å². The molecule has 17 heavy (non-hydrogen) atoms. The largest absolute Gasteiger partial charge is 0.418 e. The number of ether oxygens (including phenoxy) is 1. The van der Waals surface area contributed by atoms with Crippen LogP contribution in [0.2, 0.25) is 0 Å². The zero-order valence-corrected chi connectivity index (χ0v) is 9.72. The Morgan fingerprint density at radius 3 is 2.59 bits per heavy atom.